The van der Waals surface area contributed by atoms with Crippen molar-refractivity contribution in [1.82, 2.24) is 5.32 Å². The number of thiophene rings is 2. The Kier molecular flexibility index (Phi) is 4.78. The minimum absolute atomic E-state index is 0.00629. The maximum absolute atomic E-state index is 12.3. The van der Waals surface area contributed by atoms with Crippen molar-refractivity contribution in [2.45, 2.75) is 18.3 Å². The van der Waals surface area contributed by atoms with Gasteiger partial charge < -0.3 is 10.1 Å². The first kappa shape index (κ1) is 15.2. The molecule has 3 nitrogen and oxygen atoms in total. The van der Waals surface area contributed by atoms with Crippen molar-refractivity contribution >= 4 is 44.5 Å². The van der Waals surface area contributed by atoms with Crippen molar-refractivity contribution in [2.75, 3.05) is 19.8 Å². The minimum Gasteiger partial charge on any atom is -0.381 e. The lowest BCUT2D eigenvalue weighted by Gasteiger charge is -2.37. The summed E-state index contributed by atoms with van der Waals surface area (Å²) in [5.41, 5.74) is 1.34. The van der Waals surface area contributed by atoms with Gasteiger partial charge in [-0.05, 0) is 57.2 Å². The van der Waals surface area contributed by atoms with E-state index in [-0.39, 0.29) is 11.3 Å². The molecule has 6 heteroatoms. The summed E-state index contributed by atoms with van der Waals surface area (Å²) in [4.78, 5) is 13.0. The molecule has 0 spiro atoms. The first-order chi connectivity index (χ1) is 10.2. The van der Waals surface area contributed by atoms with E-state index >= 15 is 0 Å². The number of carbonyl (C=O) groups excluding carboxylic acids is 1. The number of hydrogen-bond acceptors (Lipinski definition) is 4. The molecule has 1 aliphatic heterocycles. The highest BCUT2D eigenvalue weighted by Gasteiger charge is 2.35. The Labute approximate surface area is 140 Å². The zero-order valence-electron chi connectivity index (χ0n) is 11.4. The summed E-state index contributed by atoms with van der Waals surface area (Å²) in [6.45, 7) is 2.19. The standard InChI is InChI=1S/C15H16BrNO2S2/c16-12-7-13(21-9-12)14(18)17-10-15(2-4-19-5-3-15)11-1-6-20-8-11/h1,6-9H,2-5,10H2,(H,17,18). The van der Waals surface area contributed by atoms with Gasteiger partial charge in [-0.15, -0.1) is 11.3 Å². The fraction of sp³-hybridized carbons (Fsp3) is 0.400. The van der Waals surface area contributed by atoms with E-state index in [0.717, 1.165) is 35.4 Å². The number of amides is 1. The maximum Gasteiger partial charge on any atom is 0.261 e. The lowest BCUT2D eigenvalue weighted by Crippen LogP contribution is -2.44. The van der Waals surface area contributed by atoms with Gasteiger partial charge >= 0.3 is 0 Å². The SMILES string of the molecule is O=C(NCC1(c2ccsc2)CCOCC1)c1cc(Br)cs1. The Hall–Kier alpha value is -0.690. The Bertz CT molecular complexity index is 603. The molecule has 3 rings (SSSR count). The van der Waals surface area contributed by atoms with Crippen molar-refractivity contribution in [2.24, 2.45) is 0 Å². The molecule has 0 atom stereocenters. The van der Waals surface area contributed by atoms with Gasteiger partial charge in [0.05, 0.1) is 4.88 Å². The highest BCUT2D eigenvalue weighted by atomic mass is 79.9. The predicted octanol–water partition coefficient (Wildman–Crippen LogP) is 4.05. The van der Waals surface area contributed by atoms with E-state index in [4.69, 9.17) is 4.74 Å². The lowest BCUT2D eigenvalue weighted by atomic mass is 9.75. The molecular formula is C15H16BrNO2S2. The fourth-order valence-electron chi connectivity index (χ4n) is 2.66. The fourth-order valence-corrected chi connectivity index (χ4v) is 4.79. The summed E-state index contributed by atoms with van der Waals surface area (Å²) in [5, 5.41) is 9.34. The second-order valence-corrected chi connectivity index (χ2v) is 7.82. The van der Waals surface area contributed by atoms with E-state index in [2.05, 4.69) is 38.1 Å². The van der Waals surface area contributed by atoms with Crippen LogP contribution in [0.5, 0.6) is 0 Å². The molecular weight excluding hydrogens is 370 g/mol. The summed E-state index contributed by atoms with van der Waals surface area (Å²) >= 11 is 6.55. The van der Waals surface area contributed by atoms with E-state index < -0.39 is 0 Å². The summed E-state index contributed by atoms with van der Waals surface area (Å²) in [6.07, 6.45) is 1.91. The highest BCUT2D eigenvalue weighted by molar-refractivity contribution is 9.10. The van der Waals surface area contributed by atoms with Crippen LogP contribution in [0, 0.1) is 0 Å². The quantitative estimate of drug-likeness (QED) is 0.861. The molecule has 1 fully saturated rings. The molecule has 0 aromatic carbocycles. The Balaban J connectivity index is 1.72. The van der Waals surface area contributed by atoms with Crippen molar-refractivity contribution in [3.63, 3.8) is 0 Å². The largest absolute Gasteiger partial charge is 0.381 e. The molecule has 0 bridgehead atoms. The van der Waals surface area contributed by atoms with Gasteiger partial charge in [-0.25, -0.2) is 0 Å². The first-order valence-corrected chi connectivity index (χ1v) is 9.44. The Morgan fingerprint density at radius 1 is 1.38 bits per heavy atom. The van der Waals surface area contributed by atoms with E-state index in [9.17, 15) is 4.79 Å². The number of carbonyl (C=O) groups is 1. The molecule has 1 aliphatic rings. The number of ether oxygens (including phenoxy) is 1. The molecule has 1 saturated heterocycles. The highest BCUT2D eigenvalue weighted by Crippen LogP contribution is 2.35. The second kappa shape index (κ2) is 6.60. The molecule has 2 aromatic rings. The number of hydrogen-bond donors (Lipinski definition) is 1. The average molecular weight is 386 g/mol. The third-order valence-electron chi connectivity index (χ3n) is 3.96. The van der Waals surface area contributed by atoms with Crippen molar-refractivity contribution in [3.8, 4) is 0 Å². The van der Waals surface area contributed by atoms with Gasteiger partial charge in [0.25, 0.3) is 5.91 Å². The van der Waals surface area contributed by atoms with Crippen LogP contribution in [0.25, 0.3) is 0 Å². The Morgan fingerprint density at radius 3 is 2.81 bits per heavy atom. The van der Waals surface area contributed by atoms with Crippen LogP contribution in [0.4, 0.5) is 0 Å². The topological polar surface area (TPSA) is 38.3 Å². The van der Waals surface area contributed by atoms with E-state index in [1.54, 1.807) is 11.3 Å². The third-order valence-corrected chi connectivity index (χ3v) is 6.34. The molecule has 0 unspecified atom stereocenters. The van der Waals surface area contributed by atoms with Crippen molar-refractivity contribution in [1.29, 1.82) is 0 Å². The van der Waals surface area contributed by atoms with Crippen LogP contribution in [0.1, 0.15) is 28.1 Å². The van der Waals surface area contributed by atoms with Crippen molar-refractivity contribution in [3.05, 3.63) is 43.2 Å². The molecule has 2 aromatic heterocycles. The maximum atomic E-state index is 12.3. The molecule has 112 valence electrons. The van der Waals surface area contributed by atoms with E-state index in [1.807, 2.05) is 11.4 Å². The third kappa shape index (κ3) is 3.39. The molecule has 0 radical (unpaired) electrons. The normalized spacial score (nSPS) is 17.6. The van der Waals surface area contributed by atoms with Gasteiger partial charge in [0.2, 0.25) is 0 Å². The monoisotopic (exact) mass is 385 g/mol. The van der Waals surface area contributed by atoms with Crippen LogP contribution < -0.4 is 5.32 Å². The summed E-state index contributed by atoms with van der Waals surface area (Å²) < 4.78 is 6.46. The lowest BCUT2D eigenvalue weighted by molar-refractivity contribution is 0.0489. The number of halogens is 1. The zero-order chi connectivity index (χ0) is 14.7. The van der Waals surface area contributed by atoms with Gasteiger partial charge in [0, 0.05) is 35.0 Å². The summed E-state index contributed by atoms with van der Waals surface area (Å²) in [7, 11) is 0. The van der Waals surface area contributed by atoms with Crippen LogP contribution >= 0.6 is 38.6 Å². The van der Waals surface area contributed by atoms with Gasteiger partial charge in [0.15, 0.2) is 0 Å². The first-order valence-electron chi connectivity index (χ1n) is 6.82. The zero-order valence-corrected chi connectivity index (χ0v) is 14.7. The molecule has 0 aliphatic carbocycles. The molecule has 0 saturated carbocycles. The summed E-state index contributed by atoms with van der Waals surface area (Å²) in [5.74, 6) is 0.00629. The van der Waals surface area contributed by atoms with Gasteiger partial charge in [-0.1, -0.05) is 0 Å². The van der Waals surface area contributed by atoms with Crippen molar-refractivity contribution < 1.29 is 9.53 Å². The number of rotatable bonds is 4. The van der Waals surface area contributed by atoms with Gasteiger partial charge in [0.1, 0.15) is 0 Å². The van der Waals surface area contributed by atoms with Gasteiger partial charge in [-0.2, -0.15) is 11.3 Å². The van der Waals surface area contributed by atoms with E-state index in [0.29, 0.717) is 6.54 Å². The molecule has 1 amide bonds. The average Bonchev–Trinajstić information content (AvgIpc) is 3.17. The Morgan fingerprint density at radius 2 is 2.19 bits per heavy atom. The predicted molar refractivity (Wildman–Crippen MR) is 90.4 cm³/mol. The van der Waals surface area contributed by atoms with Crippen LogP contribution in [0.15, 0.2) is 32.7 Å². The molecule has 21 heavy (non-hydrogen) atoms. The number of nitrogens with one attached hydrogen (secondary N) is 1. The van der Waals surface area contributed by atoms with Crippen LogP contribution in [-0.4, -0.2) is 25.7 Å². The van der Waals surface area contributed by atoms with Gasteiger partial charge in [-0.3, -0.25) is 4.79 Å². The second-order valence-electron chi connectivity index (χ2n) is 5.22. The minimum atomic E-state index is 0.00629. The van der Waals surface area contributed by atoms with Crippen LogP contribution in [0.3, 0.4) is 0 Å². The molecule has 1 N–H and O–H groups in total. The van der Waals surface area contributed by atoms with Crippen LogP contribution in [-0.2, 0) is 10.2 Å². The smallest absolute Gasteiger partial charge is 0.261 e. The van der Waals surface area contributed by atoms with E-state index in [1.165, 1.54) is 16.9 Å². The summed E-state index contributed by atoms with van der Waals surface area (Å²) in [6, 6.07) is 4.03. The van der Waals surface area contributed by atoms with Crippen LogP contribution in [0.2, 0.25) is 0 Å². The molecule has 3 heterocycles.